The summed E-state index contributed by atoms with van der Waals surface area (Å²) in [5.41, 5.74) is 2.78. The molecule has 2 aromatic rings. The van der Waals surface area contributed by atoms with E-state index >= 15 is 0 Å². The van der Waals surface area contributed by atoms with Crippen LogP contribution in [0.15, 0.2) is 29.1 Å². The number of hydrogen-bond acceptors (Lipinski definition) is 4. The molecule has 5 nitrogen and oxygen atoms in total. The lowest BCUT2D eigenvalue weighted by Crippen LogP contribution is -2.38. The first-order chi connectivity index (χ1) is 10.6. The standard InChI is InChI=1S/C17H22N2O3/c1-12-3-4-13-8-14(17(20)18-16(13)7-12)9-19(2)10-15-11-21-5-6-22-15/h3-4,7-8,15H,5-6,9-11H2,1-2H3,(H,18,20). The fourth-order valence-corrected chi connectivity index (χ4v) is 2.82. The molecule has 22 heavy (non-hydrogen) atoms. The zero-order chi connectivity index (χ0) is 15.5. The van der Waals surface area contributed by atoms with E-state index in [1.165, 1.54) is 0 Å². The number of aryl methyl sites for hydroxylation is 1. The minimum absolute atomic E-state index is 0.0224. The molecule has 3 rings (SSSR count). The molecule has 118 valence electrons. The fraction of sp³-hybridized carbons (Fsp3) is 0.471. The topological polar surface area (TPSA) is 54.6 Å². The molecule has 1 atom stereocenters. The van der Waals surface area contributed by atoms with Gasteiger partial charge in [-0.05, 0) is 37.1 Å². The maximum absolute atomic E-state index is 12.2. The molecule has 0 radical (unpaired) electrons. The summed E-state index contributed by atoms with van der Waals surface area (Å²) in [6.45, 7) is 5.31. The van der Waals surface area contributed by atoms with Crippen LogP contribution in [0.5, 0.6) is 0 Å². The molecule has 0 amide bonds. The van der Waals surface area contributed by atoms with E-state index in [4.69, 9.17) is 9.47 Å². The van der Waals surface area contributed by atoms with Crippen molar-refractivity contribution in [3.63, 3.8) is 0 Å². The van der Waals surface area contributed by atoms with Crippen LogP contribution >= 0.6 is 0 Å². The predicted octanol–water partition coefficient (Wildman–Crippen LogP) is 1.68. The molecule has 5 heteroatoms. The molecule has 1 unspecified atom stereocenters. The van der Waals surface area contributed by atoms with Crippen LogP contribution in [-0.2, 0) is 16.0 Å². The Morgan fingerprint density at radius 3 is 2.95 bits per heavy atom. The molecule has 0 saturated carbocycles. The highest BCUT2D eigenvalue weighted by atomic mass is 16.6. The van der Waals surface area contributed by atoms with Gasteiger partial charge in [-0.1, -0.05) is 12.1 Å². The van der Waals surface area contributed by atoms with E-state index in [-0.39, 0.29) is 11.7 Å². The SMILES string of the molecule is Cc1ccc2cc(CN(C)CC3COCCO3)c(=O)[nH]c2c1. The Morgan fingerprint density at radius 2 is 2.18 bits per heavy atom. The van der Waals surface area contributed by atoms with E-state index in [0.29, 0.717) is 26.4 Å². The Bertz CT molecular complexity index is 705. The molecule has 1 fully saturated rings. The molecule has 0 spiro atoms. The Morgan fingerprint density at radius 1 is 1.32 bits per heavy atom. The van der Waals surface area contributed by atoms with Gasteiger partial charge in [0, 0.05) is 24.2 Å². The molecular weight excluding hydrogens is 280 g/mol. The number of hydrogen-bond donors (Lipinski definition) is 1. The van der Waals surface area contributed by atoms with Crippen LogP contribution in [0.1, 0.15) is 11.1 Å². The molecule has 1 aliphatic rings. The molecule has 1 aliphatic heterocycles. The van der Waals surface area contributed by atoms with Gasteiger partial charge >= 0.3 is 0 Å². The first kappa shape index (κ1) is 15.2. The van der Waals surface area contributed by atoms with Gasteiger partial charge in [-0.3, -0.25) is 9.69 Å². The van der Waals surface area contributed by atoms with Crippen molar-refractivity contribution >= 4 is 10.9 Å². The zero-order valence-corrected chi connectivity index (χ0v) is 13.1. The molecule has 1 aromatic heterocycles. The number of rotatable bonds is 4. The monoisotopic (exact) mass is 302 g/mol. The number of pyridine rings is 1. The number of nitrogens with zero attached hydrogens (tertiary/aromatic N) is 1. The van der Waals surface area contributed by atoms with Crippen LogP contribution in [0.2, 0.25) is 0 Å². The lowest BCUT2D eigenvalue weighted by molar-refractivity contribution is -0.0963. The predicted molar refractivity (Wildman–Crippen MR) is 86.2 cm³/mol. The Hall–Kier alpha value is -1.69. The van der Waals surface area contributed by atoms with Gasteiger partial charge in [-0.15, -0.1) is 0 Å². The number of likely N-dealkylation sites (N-methyl/N-ethyl adjacent to an activating group) is 1. The first-order valence-corrected chi connectivity index (χ1v) is 7.62. The van der Waals surface area contributed by atoms with Crippen LogP contribution in [0.3, 0.4) is 0 Å². The van der Waals surface area contributed by atoms with Gasteiger partial charge in [0.2, 0.25) is 0 Å². The second kappa shape index (κ2) is 6.60. The molecule has 1 N–H and O–H groups in total. The van der Waals surface area contributed by atoms with Gasteiger partial charge < -0.3 is 14.5 Å². The minimum Gasteiger partial charge on any atom is -0.376 e. The number of benzene rings is 1. The molecule has 0 aliphatic carbocycles. The van der Waals surface area contributed by atoms with Crippen molar-refractivity contribution < 1.29 is 9.47 Å². The lowest BCUT2D eigenvalue weighted by Gasteiger charge is -2.27. The normalized spacial score (nSPS) is 19.0. The van der Waals surface area contributed by atoms with Gasteiger partial charge in [0.1, 0.15) is 0 Å². The molecule has 2 heterocycles. The van der Waals surface area contributed by atoms with E-state index in [1.807, 2.05) is 32.2 Å². The third-order valence-electron chi connectivity index (χ3n) is 3.92. The third kappa shape index (κ3) is 3.55. The Labute approximate surface area is 129 Å². The van der Waals surface area contributed by atoms with E-state index in [1.54, 1.807) is 0 Å². The van der Waals surface area contributed by atoms with E-state index in [9.17, 15) is 4.79 Å². The number of H-pyrrole nitrogens is 1. The summed E-state index contributed by atoms with van der Waals surface area (Å²) in [6, 6.07) is 8.07. The van der Waals surface area contributed by atoms with Crippen LogP contribution < -0.4 is 5.56 Å². The quantitative estimate of drug-likeness (QED) is 0.934. The largest absolute Gasteiger partial charge is 0.376 e. The zero-order valence-electron chi connectivity index (χ0n) is 13.1. The summed E-state index contributed by atoms with van der Waals surface area (Å²) >= 11 is 0. The summed E-state index contributed by atoms with van der Waals surface area (Å²) in [4.78, 5) is 17.3. The fourth-order valence-electron chi connectivity index (χ4n) is 2.82. The summed E-state index contributed by atoms with van der Waals surface area (Å²) in [6.07, 6.45) is 0.0842. The molecular formula is C17H22N2O3. The summed E-state index contributed by atoms with van der Waals surface area (Å²) < 4.78 is 11.1. The number of aromatic amines is 1. The molecule has 1 aromatic carbocycles. The average Bonchev–Trinajstić information content (AvgIpc) is 2.49. The lowest BCUT2D eigenvalue weighted by atomic mass is 10.1. The van der Waals surface area contributed by atoms with Crippen molar-refractivity contribution in [1.82, 2.24) is 9.88 Å². The number of fused-ring (bicyclic) bond motifs is 1. The van der Waals surface area contributed by atoms with Gasteiger partial charge in [0.05, 0.1) is 25.9 Å². The summed E-state index contributed by atoms with van der Waals surface area (Å²) in [7, 11) is 2.00. The van der Waals surface area contributed by atoms with Crippen molar-refractivity contribution in [2.75, 3.05) is 33.4 Å². The highest BCUT2D eigenvalue weighted by Crippen LogP contribution is 2.14. The third-order valence-corrected chi connectivity index (χ3v) is 3.92. The second-order valence-corrected chi connectivity index (χ2v) is 5.98. The summed E-state index contributed by atoms with van der Waals surface area (Å²) in [5, 5.41) is 1.06. The van der Waals surface area contributed by atoms with E-state index < -0.39 is 0 Å². The van der Waals surface area contributed by atoms with Gasteiger partial charge in [-0.25, -0.2) is 0 Å². The van der Waals surface area contributed by atoms with Gasteiger partial charge in [0.15, 0.2) is 0 Å². The first-order valence-electron chi connectivity index (χ1n) is 7.62. The van der Waals surface area contributed by atoms with Crippen LogP contribution in [0, 0.1) is 6.92 Å². The summed E-state index contributed by atoms with van der Waals surface area (Å²) in [5.74, 6) is 0. The minimum atomic E-state index is -0.0224. The maximum atomic E-state index is 12.2. The Balaban J connectivity index is 1.73. The smallest absolute Gasteiger partial charge is 0.252 e. The van der Waals surface area contributed by atoms with Crippen molar-refractivity contribution in [2.24, 2.45) is 0 Å². The van der Waals surface area contributed by atoms with Crippen LogP contribution in [0.25, 0.3) is 10.9 Å². The highest BCUT2D eigenvalue weighted by Gasteiger charge is 2.17. The van der Waals surface area contributed by atoms with Gasteiger partial charge in [-0.2, -0.15) is 0 Å². The van der Waals surface area contributed by atoms with Crippen LogP contribution in [-0.4, -0.2) is 49.4 Å². The highest BCUT2D eigenvalue weighted by molar-refractivity contribution is 5.79. The van der Waals surface area contributed by atoms with Crippen molar-refractivity contribution in [2.45, 2.75) is 19.6 Å². The number of aromatic nitrogens is 1. The van der Waals surface area contributed by atoms with Crippen molar-refractivity contribution in [1.29, 1.82) is 0 Å². The van der Waals surface area contributed by atoms with Crippen molar-refractivity contribution in [3.8, 4) is 0 Å². The average molecular weight is 302 g/mol. The second-order valence-electron chi connectivity index (χ2n) is 5.98. The number of nitrogens with one attached hydrogen (secondary N) is 1. The Kier molecular flexibility index (Phi) is 4.57. The molecule has 0 bridgehead atoms. The van der Waals surface area contributed by atoms with E-state index in [2.05, 4.69) is 16.0 Å². The molecule has 1 saturated heterocycles. The van der Waals surface area contributed by atoms with Gasteiger partial charge in [0.25, 0.3) is 5.56 Å². The van der Waals surface area contributed by atoms with Crippen molar-refractivity contribution in [3.05, 3.63) is 45.7 Å². The maximum Gasteiger partial charge on any atom is 0.252 e. The van der Waals surface area contributed by atoms with Crippen LogP contribution in [0.4, 0.5) is 0 Å². The van der Waals surface area contributed by atoms with E-state index in [0.717, 1.165) is 28.6 Å². The number of ether oxygens (including phenoxy) is 2.